The fraction of sp³-hybridized carbons (Fsp3) is 0.186. The van der Waals surface area contributed by atoms with Crippen molar-refractivity contribution in [3.05, 3.63) is 198 Å². The molecule has 4 heteroatoms. The van der Waals surface area contributed by atoms with Crippen LogP contribution in [0.5, 0.6) is 0 Å². The minimum absolute atomic E-state index is 0.00613. The maximum Gasteiger partial charge on any atom is 0.252 e. The molecular formula is C59H52BN3. The molecule has 0 aromatic heterocycles. The van der Waals surface area contributed by atoms with Gasteiger partial charge in [-0.05, 0) is 150 Å². The number of nitrogens with zero attached hydrogens (tertiary/aromatic N) is 3. The van der Waals surface area contributed by atoms with Crippen molar-refractivity contribution < 1.29 is 0 Å². The summed E-state index contributed by atoms with van der Waals surface area (Å²) in [5, 5.41) is 0. The van der Waals surface area contributed by atoms with Crippen molar-refractivity contribution in [1.82, 2.24) is 0 Å². The monoisotopic (exact) mass is 813 g/mol. The van der Waals surface area contributed by atoms with E-state index in [2.05, 4.69) is 225 Å². The van der Waals surface area contributed by atoms with Crippen molar-refractivity contribution in [2.24, 2.45) is 0 Å². The van der Waals surface area contributed by atoms with Gasteiger partial charge in [-0.3, -0.25) is 0 Å². The van der Waals surface area contributed by atoms with Gasteiger partial charge in [-0.2, -0.15) is 0 Å². The summed E-state index contributed by atoms with van der Waals surface area (Å²) in [4.78, 5) is 7.95. The molecule has 1 aliphatic carbocycles. The standard InChI is InChI=1S/C59H52BN3/c1-39-16-14-22-47(32-39)61(48-23-15-17-40(2)33-48)49-37-54-56-55(38-49)63-57-50(58(4)30-12-13-31-59(58,63)5)34-41(3)35-52(57)60(56)51-36-45(43-20-10-7-11-21-43)26-29-53(51)62(54)46-27-24-44(25-28-46)42-18-8-6-9-19-42/h6-11,14-29,32-38H,12-13,30-31H2,1-5H3. The number of benzene rings is 8. The zero-order valence-corrected chi connectivity index (χ0v) is 37.0. The lowest BCUT2D eigenvalue weighted by molar-refractivity contribution is 0.195. The number of aryl methyl sites for hydroxylation is 3. The first kappa shape index (κ1) is 37.9. The van der Waals surface area contributed by atoms with Crippen LogP contribution in [0.3, 0.4) is 0 Å². The van der Waals surface area contributed by atoms with Crippen molar-refractivity contribution in [1.29, 1.82) is 0 Å². The van der Waals surface area contributed by atoms with Gasteiger partial charge in [0.05, 0.1) is 11.2 Å². The molecule has 306 valence electrons. The molecule has 3 aliphatic heterocycles. The third-order valence-corrected chi connectivity index (χ3v) is 15.3. The SMILES string of the molecule is Cc1cccc(N(c2cccc(C)c2)c2cc3c4c(c2)N2c5c(cc(C)cc5C5(C)CCCCC25C)B4c2cc(-c4ccccc4)ccc2N3c2ccc(-c3ccccc3)cc2)c1. The summed E-state index contributed by atoms with van der Waals surface area (Å²) in [6.07, 6.45) is 4.84. The van der Waals surface area contributed by atoms with Crippen LogP contribution in [0.2, 0.25) is 0 Å². The summed E-state index contributed by atoms with van der Waals surface area (Å²) in [6, 6.07) is 66.4. The predicted molar refractivity (Wildman–Crippen MR) is 268 cm³/mol. The van der Waals surface area contributed by atoms with Gasteiger partial charge in [0.1, 0.15) is 0 Å². The Hall–Kier alpha value is -6.78. The summed E-state index contributed by atoms with van der Waals surface area (Å²) in [7, 11) is 0. The Kier molecular flexibility index (Phi) is 8.51. The molecule has 0 radical (unpaired) electrons. The van der Waals surface area contributed by atoms with Gasteiger partial charge in [0.15, 0.2) is 0 Å². The fourth-order valence-electron chi connectivity index (χ4n) is 12.1. The zero-order chi connectivity index (χ0) is 42.6. The third-order valence-electron chi connectivity index (χ3n) is 15.3. The van der Waals surface area contributed by atoms with Crippen LogP contribution in [0.1, 0.15) is 61.8 Å². The van der Waals surface area contributed by atoms with Crippen LogP contribution < -0.4 is 31.1 Å². The Bertz CT molecular complexity index is 3060. The Morgan fingerprint density at radius 3 is 1.75 bits per heavy atom. The second-order valence-corrected chi connectivity index (χ2v) is 19.1. The number of hydrogen-bond acceptors (Lipinski definition) is 3. The molecular weight excluding hydrogens is 761 g/mol. The number of hydrogen-bond donors (Lipinski definition) is 0. The maximum atomic E-state index is 2.86. The topological polar surface area (TPSA) is 9.72 Å². The van der Waals surface area contributed by atoms with Gasteiger partial charge in [0.25, 0.3) is 6.71 Å². The molecule has 0 saturated heterocycles. The van der Waals surface area contributed by atoms with Crippen molar-refractivity contribution >= 4 is 68.6 Å². The molecule has 8 aromatic carbocycles. The first-order valence-corrected chi connectivity index (χ1v) is 22.9. The molecule has 8 aromatic rings. The van der Waals surface area contributed by atoms with E-state index in [-0.39, 0.29) is 17.7 Å². The Morgan fingerprint density at radius 1 is 0.476 bits per heavy atom. The summed E-state index contributed by atoms with van der Waals surface area (Å²) >= 11 is 0. The van der Waals surface area contributed by atoms with E-state index in [0.717, 1.165) is 23.5 Å². The lowest BCUT2D eigenvalue weighted by atomic mass is 9.33. The molecule has 0 N–H and O–H groups in total. The lowest BCUT2D eigenvalue weighted by Gasteiger charge is -2.53. The number of fused-ring (bicyclic) bond motifs is 7. The van der Waals surface area contributed by atoms with Gasteiger partial charge in [0, 0.05) is 45.2 Å². The van der Waals surface area contributed by atoms with E-state index >= 15 is 0 Å². The second-order valence-electron chi connectivity index (χ2n) is 19.1. The molecule has 63 heavy (non-hydrogen) atoms. The fourth-order valence-corrected chi connectivity index (χ4v) is 12.1. The zero-order valence-electron chi connectivity index (χ0n) is 37.0. The van der Waals surface area contributed by atoms with E-state index in [0.29, 0.717) is 0 Å². The van der Waals surface area contributed by atoms with Crippen LogP contribution in [-0.4, -0.2) is 12.3 Å². The molecule has 3 heterocycles. The van der Waals surface area contributed by atoms with E-state index in [1.807, 2.05) is 0 Å². The van der Waals surface area contributed by atoms with Crippen LogP contribution in [0, 0.1) is 20.8 Å². The van der Waals surface area contributed by atoms with Crippen molar-refractivity contribution in [2.45, 2.75) is 71.3 Å². The van der Waals surface area contributed by atoms with Crippen LogP contribution in [0.25, 0.3) is 22.3 Å². The van der Waals surface area contributed by atoms with Crippen molar-refractivity contribution in [3.8, 4) is 22.3 Å². The van der Waals surface area contributed by atoms with Gasteiger partial charge >= 0.3 is 0 Å². The molecule has 3 nitrogen and oxygen atoms in total. The van der Waals surface area contributed by atoms with Crippen molar-refractivity contribution in [3.63, 3.8) is 0 Å². The highest BCUT2D eigenvalue weighted by atomic mass is 15.3. The second kappa shape index (κ2) is 14.1. The molecule has 1 saturated carbocycles. The van der Waals surface area contributed by atoms with E-state index < -0.39 is 0 Å². The maximum absolute atomic E-state index is 2.86. The first-order chi connectivity index (χ1) is 30.7. The average molecular weight is 814 g/mol. The van der Waals surface area contributed by atoms with E-state index in [1.54, 1.807) is 0 Å². The van der Waals surface area contributed by atoms with Crippen LogP contribution in [-0.2, 0) is 5.41 Å². The van der Waals surface area contributed by atoms with E-state index in [4.69, 9.17) is 0 Å². The Labute approximate surface area is 373 Å². The van der Waals surface area contributed by atoms with Crippen LogP contribution >= 0.6 is 0 Å². The minimum Gasteiger partial charge on any atom is -0.335 e. The number of rotatable bonds is 6. The van der Waals surface area contributed by atoms with E-state index in [9.17, 15) is 0 Å². The molecule has 2 atom stereocenters. The molecule has 12 rings (SSSR count). The first-order valence-electron chi connectivity index (χ1n) is 22.9. The molecule has 2 unspecified atom stereocenters. The Morgan fingerprint density at radius 2 is 1.08 bits per heavy atom. The lowest BCUT2D eigenvalue weighted by Crippen LogP contribution is -2.64. The smallest absolute Gasteiger partial charge is 0.252 e. The quantitative estimate of drug-likeness (QED) is 0.155. The van der Waals surface area contributed by atoms with Crippen LogP contribution in [0.4, 0.5) is 45.5 Å². The molecule has 1 fully saturated rings. The van der Waals surface area contributed by atoms with E-state index in [1.165, 1.54) is 109 Å². The highest BCUT2D eigenvalue weighted by Crippen LogP contribution is 2.62. The van der Waals surface area contributed by atoms with Gasteiger partial charge in [-0.1, -0.05) is 147 Å². The molecule has 0 bridgehead atoms. The summed E-state index contributed by atoms with van der Waals surface area (Å²) < 4.78 is 0. The largest absolute Gasteiger partial charge is 0.335 e. The third kappa shape index (κ3) is 5.66. The molecule has 4 aliphatic rings. The molecule has 0 spiro atoms. The predicted octanol–water partition coefficient (Wildman–Crippen LogP) is 13.8. The highest BCUT2D eigenvalue weighted by molar-refractivity contribution is 7.00. The average Bonchev–Trinajstić information content (AvgIpc) is 3.51. The van der Waals surface area contributed by atoms with Gasteiger partial charge in [-0.15, -0.1) is 0 Å². The normalized spacial score (nSPS) is 19.0. The van der Waals surface area contributed by atoms with Gasteiger partial charge < -0.3 is 14.7 Å². The number of anilines is 8. The van der Waals surface area contributed by atoms with Crippen LogP contribution in [0.15, 0.2) is 176 Å². The summed E-state index contributed by atoms with van der Waals surface area (Å²) in [6.45, 7) is 12.0. The minimum atomic E-state index is -0.0979. The Balaban J connectivity index is 1.20. The summed E-state index contributed by atoms with van der Waals surface area (Å²) in [5.74, 6) is 0. The van der Waals surface area contributed by atoms with Gasteiger partial charge in [0.2, 0.25) is 0 Å². The summed E-state index contributed by atoms with van der Waals surface area (Å²) in [5.41, 5.74) is 24.3. The van der Waals surface area contributed by atoms with Gasteiger partial charge in [-0.25, -0.2) is 0 Å². The van der Waals surface area contributed by atoms with Crippen molar-refractivity contribution in [2.75, 3.05) is 14.7 Å². The molecule has 0 amide bonds. The highest BCUT2D eigenvalue weighted by Gasteiger charge is 2.61.